The van der Waals surface area contributed by atoms with E-state index < -0.39 is 5.97 Å². The van der Waals surface area contributed by atoms with Crippen molar-refractivity contribution in [2.45, 2.75) is 6.92 Å². The third-order valence-electron chi connectivity index (χ3n) is 1.53. The van der Waals surface area contributed by atoms with Gasteiger partial charge in [0.25, 0.3) is 0 Å². The van der Waals surface area contributed by atoms with Crippen LogP contribution in [0, 0.1) is 6.92 Å². The number of esters is 1. The number of nitrogens with zero attached hydrogens (tertiary/aromatic N) is 2. The molecule has 0 fully saturated rings. The fraction of sp³-hybridized carbons (Fsp3) is 0.429. The molecule has 0 N–H and O–H groups in total. The average molecular weight is 189 g/mol. The van der Waals surface area contributed by atoms with E-state index in [4.69, 9.17) is 11.6 Å². The van der Waals surface area contributed by atoms with Crippen LogP contribution in [0.1, 0.15) is 16.2 Å². The topological polar surface area (TPSA) is 44.1 Å². The second kappa shape index (κ2) is 3.15. The van der Waals surface area contributed by atoms with Gasteiger partial charge in [-0.1, -0.05) is 11.6 Å². The number of rotatable bonds is 1. The van der Waals surface area contributed by atoms with Crippen LogP contribution < -0.4 is 0 Å². The Labute approximate surface area is 75.1 Å². The fourth-order valence-electron chi connectivity index (χ4n) is 0.951. The van der Waals surface area contributed by atoms with Gasteiger partial charge in [-0.2, -0.15) is 5.10 Å². The predicted octanol–water partition coefficient (Wildman–Crippen LogP) is 1.17. The molecule has 66 valence electrons. The molecule has 1 rings (SSSR count). The normalized spacial score (nSPS) is 10.0. The van der Waals surface area contributed by atoms with E-state index >= 15 is 0 Å². The number of aryl methyl sites for hydroxylation is 2. The van der Waals surface area contributed by atoms with Crippen molar-refractivity contribution in [2.24, 2.45) is 7.05 Å². The first-order valence-electron chi connectivity index (χ1n) is 3.35. The van der Waals surface area contributed by atoms with E-state index in [0.717, 1.165) is 0 Å². The zero-order chi connectivity index (χ0) is 9.30. The molecule has 1 aromatic heterocycles. The van der Waals surface area contributed by atoms with E-state index in [1.54, 1.807) is 14.0 Å². The van der Waals surface area contributed by atoms with Crippen LogP contribution >= 0.6 is 11.6 Å². The van der Waals surface area contributed by atoms with Crippen LogP contribution in [-0.2, 0) is 11.8 Å². The molecule has 5 heteroatoms. The van der Waals surface area contributed by atoms with Gasteiger partial charge in [0.05, 0.1) is 17.8 Å². The molecule has 4 nitrogen and oxygen atoms in total. The van der Waals surface area contributed by atoms with Gasteiger partial charge in [0.15, 0.2) is 5.69 Å². The Balaban J connectivity index is 3.22. The molecule has 1 aromatic rings. The maximum absolute atomic E-state index is 11.1. The van der Waals surface area contributed by atoms with E-state index in [1.807, 2.05) is 0 Å². The van der Waals surface area contributed by atoms with Gasteiger partial charge in [0, 0.05) is 7.05 Å². The summed E-state index contributed by atoms with van der Waals surface area (Å²) in [6, 6.07) is 0. The number of hydrogen-bond donors (Lipinski definition) is 0. The number of halogens is 1. The first-order chi connectivity index (χ1) is 5.57. The summed E-state index contributed by atoms with van der Waals surface area (Å²) in [4.78, 5) is 11.1. The van der Waals surface area contributed by atoms with Crippen molar-refractivity contribution in [3.05, 3.63) is 16.4 Å². The Kier molecular flexibility index (Phi) is 2.38. The van der Waals surface area contributed by atoms with Crippen molar-refractivity contribution in [1.29, 1.82) is 0 Å². The molecule has 0 aliphatic rings. The third kappa shape index (κ3) is 1.30. The summed E-state index contributed by atoms with van der Waals surface area (Å²) < 4.78 is 5.93. The monoisotopic (exact) mass is 188 g/mol. The van der Waals surface area contributed by atoms with Crippen molar-refractivity contribution in [3.8, 4) is 0 Å². The number of ether oxygens (including phenoxy) is 1. The highest BCUT2D eigenvalue weighted by atomic mass is 35.5. The minimum absolute atomic E-state index is 0.289. The minimum atomic E-state index is -0.469. The zero-order valence-electron chi connectivity index (χ0n) is 7.09. The second-order valence-electron chi connectivity index (χ2n) is 2.36. The Hall–Kier alpha value is -1.03. The molecular weight excluding hydrogens is 180 g/mol. The van der Waals surface area contributed by atoms with Gasteiger partial charge in [0.2, 0.25) is 0 Å². The summed E-state index contributed by atoms with van der Waals surface area (Å²) in [6.07, 6.45) is 0. The van der Waals surface area contributed by atoms with Crippen LogP contribution in [0.3, 0.4) is 0 Å². The van der Waals surface area contributed by atoms with E-state index in [1.165, 1.54) is 11.8 Å². The van der Waals surface area contributed by atoms with Gasteiger partial charge >= 0.3 is 5.97 Å². The lowest BCUT2D eigenvalue weighted by Crippen LogP contribution is -2.08. The average Bonchev–Trinajstić information content (AvgIpc) is 2.26. The lowest BCUT2D eigenvalue weighted by atomic mass is 10.4. The smallest absolute Gasteiger partial charge is 0.357 e. The van der Waals surface area contributed by atoms with Crippen molar-refractivity contribution < 1.29 is 9.53 Å². The number of carbonyl (C=O) groups excluding carboxylic acids is 1. The molecule has 0 aromatic carbocycles. The highest BCUT2D eigenvalue weighted by Gasteiger charge is 2.18. The van der Waals surface area contributed by atoms with Crippen LogP contribution in [0.4, 0.5) is 0 Å². The van der Waals surface area contributed by atoms with Gasteiger partial charge in [-0.15, -0.1) is 0 Å². The first-order valence-corrected chi connectivity index (χ1v) is 3.73. The Morgan fingerprint density at radius 2 is 2.25 bits per heavy atom. The van der Waals surface area contributed by atoms with Crippen molar-refractivity contribution >= 4 is 17.6 Å². The Morgan fingerprint density at radius 3 is 2.58 bits per heavy atom. The number of aromatic nitrogens is 2. The number of methoxy groups -OCH3 is 1. The molecular formula is C7H9ClN2O2. The molecule has 0 aliphatic carbocycles. The van der Waals surface area contributed by atoms with E-state index in [-0.39, 0.29) is 5.69 Å². The molecule has 0 bridgehead atoms. The Bertz CT molecular complexity index is 319. The van der Waals surface area contributed by atoms with Crippen LogP contribution in [0.15, 0.2) is 0 Å². The quantitative estimate of drug-likeness (QED) is 0.622. The van der Waals surface area contributed by atoms with E-state index in [9.17, 15) is 4.79 Å². The number of hydrogen-bond acceptors (Lipinski definition) is 3. The van der Waals surface area contributed by atoms with Crippen LogP contribution in [-0.4, -0.2) is 22.9 Å². The largest absolute Gasteiger partial charge is 0.464 e. The maximum atomic E-state index is 11.1. The fourth-order valence-corrected chi connectivity index (χ4v) is 1.19. The molecule has 0 amide bonds. The standard InChI is InChI=1S/C7H9ClN2O2/c1-4-5(8)6(7(11)12-3)10(2)9-4/h1-3H3. The molecule has 1 heterocycles. The van der Waals surface area contributed by atoms with Gasteiger partial charge < -0.3 is 4.74 Å². The molecule has 0 atom stereocenters. The molecule has 0 saturated carbocycles. The van der Waals surface area contributed by atoms with Crippen molar-refractivity contribution in [3.63, 3.8) is 0 Å². The zero-order valence-corrected chi connectivity index (χ0v) is 7.84. The summed E-state index contributed by atoms with van der Waals surface area (Å²) in [7, 11) is 2.95. The van der Waals surface area contributed by atoms with Gasteiger partial charge in [-0.3, -0.25) is 4.68 Å². The lowest BCUT2D eigenvalue weighted by molar-refractivity contribution is 0.0588. The second-order valence-corrected chi connectivity index (χ2v) is 2.74. The van der Waals surface area contributed by atoms with E-state index in [2.05, 4.69) is 9.84 Å². The summed E-state index contributed by atoms with van der Waals surface area (Å²) >= 11 is 5.80. The summed E-state index contributed by atoms with van der Waals surface area (Å²) in [6.45, 7) is 1.73. The predicted molar refractivity (Wildman–Crippen MR) is 44.3 cm³/mol. The summed E-state index contributed by atoms with van der Waals surface area (Å²) in [5, 5.41) is 4.31. The highest BCUT2D eigenvalue weighted by Crippen LogP contribution is 2.19. The summed E-state index contributed by atoms with van der Waals surface area (Å²) in [5.74, 6) is -0.469. The Morgan fingerprint density at radius 1 is 1.67 bits per heavy atom. The molecule has 0 saturated heterocycles. The first kappa shape index (κ1) is 9.06. The third-order valence-corrected chi connectivity index (χ3v) is 1.98. The molecule has 0 spiro atoms. The van der Waals surface area contributed by atoms with Crippen LogP contribution in [0.25, 0.3) is 0 Å². The maximum Gasteiger partial charge on any atom is 0.357 e. The van der Waals surface area contributed by atoms with Crippen molar-refractivity contribution in [1.82, 2.24) is 9.78 Å². The molecule has 0 radical (unpaired) electrons. The molecule has 12 heavy (non-hydrogen) atoms. The van der Waals surface area contributed by atoms with Gasteiger partial charge in [-0.05, 0) is 6.92 Å². The van der Waals surface area contributed by atoms with Crippen LogP contribution in [0.2, 0.25) is 5.02 Å². The SMILES string of the molecule is COC(=O)c1c(Cl)c(C)nn1C. The van der Waals surface area contributed by atoms with Crippen molar-refractivity contribution in [2.75, 3.05) is 7.11 Å². The lowest BCUT2D eigenvalue weighted by Gasteiger charge is -1.98. The summed E-state index contributed by atoms with van der Waals surface area (Å²) in [5.41, 5.74) is 0.913. The van der Waals surface area contributed by atoms with Gasteiger partial charge in [-0.25, -0.2) is 4.79 Å². The molecule has 0 unspecified atom stereocenters. The number of carbonyl (C=O) groups is 1. The molecule has 0 aliphatic heterocycles. The van der Waals surface area contributed by atoms with E-state index in [0.29, 0.717) is 10.7 Å². The highest BCUT2D eigenvalue weighted by molar-refractivity contribution is 6.33. The van der Waals surface area contributed by atoms with Gasteiger partial charge in [0.1, 0.15) is 0 Å². The minimum Gasteiger partial charge on any atom is -0.464 e. The van der Waals surface area contributed by atoms with Crippen LogP contribution in [0.5, 0.6) is 0 Å².